The summed E-state index contributed by atoms with van der Waals surface area (Å²) in [6.45, 7) is 6.76. The third-order valence-electron chi connectivity index (χ3n) is 9.19. The van der Waals surface area contributed by atoms with E-state index in [0.717, 1.165) is 30.6 Å². The molecule has 0 N–H and O–H groups in total. The number of thioether (sulfide) groups is 2. The van der Waals surface area contributed by atoms with Crippen LogP contribution in [0.5, 0.6) is 0 Å². The van der Waals surface area contributed by atoms with E-state index in [9.17, 15) is 4.79 Å². The van der Waals surface area contributed by atoms with Crippen LogP contribution in [0.2, 0.25) is 0 Å². The fraction of sp³-hybridized carbons (Fsp3) is 0.870. The molecule has 5 aliphatic rings. The Kier molecular flexibility index (Phi) is 4.52. The second kappa shape index (κ2) is 6.45. The second-order valence-electron chi connectivity index (χ2n) is 10.2. The molecule has 0 aromatic heterocycles. The van der Waals surface area contributed by atoms with Crippen LogP contribution in [0, 0.1) is 28.6 Å². The minimum absolute atomic E-state index is 0.117. The van der Waals surface area contributed by atoms with E-state index in [1.165, 1.54) is 50.0 Å². The van der Waals surface area contributed by atoms with Gasteiger partial charge in [0.1, 0.15) is 6.10 Å². The number of ether oxygens (including phenoxy) is 1. The van der Waals surface area contributed by atoms with E-state index in [2.05, 4.69) is 43.4 Å². The zero-order chi connectivity index (χ0) is 18.9. The van der Waals surface area contributed by atoms with Gasteiger partial charge in [-0.2, -0.15) is 0 Å². The van der Waals surface area contributed by atoms with E-state index < -0.39 is 0 Å². The number of rotatable bonds is 1. The Morgan fingerprint density at radius 3 is 2.56 bits per heavy atom. The molecule has 1 aliphatic heterocycles. The lowest BCUT2D eigenvalue weighted by Crippen LogP contribution is -2.52. The number of carbonyl (C=O) groups is 1. The van der Waals surface area contributed by atoms with Gasteiger partial charge in [-0.05, 0) is 73.5 Å². The summed E-state index contributed by atoms with van der Waals surface area (Å²) in [6.07, 6.45) is 12.9. The van der Waals surface area contributed by atoms with Crippen molar-refractivity contribution in [3.05, 3.63) is 11.6 Å². The van der Waals surface area contributed by atoms with Gasteiger partial charge in [0.2, 0.25) is 0 Å². The monoisotopic (exact) mass is 406 g/mol. The van der Waals surface area contributed by atoms with Crippen molar-refractivity contribution in [2.45, 2.75) is 82.3 Å². The molecule has 1 saturated heterocycles. The normalized spacial score (nSPS) is 47.7. The standard InChI is InChI=1S/C23H34O2S2/c1-15(24)25-17-6-9-21(2)16(14-17)4-5-18-19(21)7-10-22(3)20(18)8-11-23(22)26-12-13-27-23/h4,17-20H,5-14H2,1-3H3/t17-,18-,19+,20+,21-,22+/m0/s1. The molecule has 4 aliphatic carbocycles. The van der Waals surface area contributed by atoms with Crippen LogP contribution in [0.25, 0.3) is 0 Å². The molecular weight excluding hydrogens is 372 g/mol. The lowest BCUT2D eigenvalue weighted by molar-refractivity contribution is -0.148. The van der Waals surface area contributed by atoms with Gasteiger partial charge in [0.25, 0.3) is 0 Å². The van der Waals surface area contributed by atoms with Gasteiger partial charge in [-0.15, -0.1) is 23.5 Å². The predicted octanol–water partition coefficient (Wildman–Crippen LogP) is 6.06. The van der Waals surface area contributed by atoms with Crippen molar-refractivity contribution in [3.63, 3.8) is 0 Å². The molecule has 2 nitrogen and oxygen atoms in total. The highest BCUT2D eigenvalue weighted by atomic mass is 32.2. The molecule has 3 saturated carbocycles. The van der Waals surface area contributed by atoms with Gasteiger partial charge in [-0.3, -0.25) is 4.79 Å². The summed E-state index contributed by atoms with van der Waals surface area (Å²) >= 11 is 4.61. The number of esters is 1. The van der Waals surface area contributed by atoms with Crippen molar-refractivity contribution < 1.29 is 9.53 Å². The molecule has 5 rings (SSSR count). The highest BCUT2D eigenvalue weighted by molar-refractivity contribution is 8.21. The van der Waals surface area contributed by atoms with Crippen LogP contribution in [-0.2, 0) is 9.53 Å². The van der Waals surface area contributed by atoms with Crippen molar-refractivity contribution in [1.82, 2.24) is 0 Å². The Morgan fingerprint density at radius 1 is 1.07 bits per heavy atom. The van der Waals surface area contributed by atoms with Gasteiger partial charge < -0.3 is 4.74 Å². The van der Waals surface area contributed by atoms with Gasteiger partial charge in [-0.25, -0.2) is 0 Å². The average molecular weight is 407 g/mol. The highest BCUT2D eigenvalue weighted by Crippen LogP contribution is 2.73. The molecule has 0 radical (unpaired) electrons. The van der Waals surface area contributed by atoms with E-state index in [0.29, 0.717) is 14.9 Å². The van der Waals surface area contributed by atoms with Crippen molar-refractivity contribution in [3.8, 4) is 0 Å². The van der Waals surface area contributed by atoms with Crippen molar-refractivity contribution >= 4 is 29.5 Å². The molecule has 1 heterocycles. The van der Waals surface area contributed by atoms with Gasteiger partial charge in [0, 0.05) is 24.9 Å². The van der Waals surface area contributed by atoms with Gasteiger partial charge >= 0.3 is 5.97 Å². The molecule has 0 bridgehead atoms. The molecule has 150 valence electrons. The summed E-state index contributed by atoms with van der Waals surface area (Å²) in [6, 6.07) is 0. The first kappa shape index (κ1) is 18.9. The van der Waals surface area contributed by atoms with Crippen molar-refractivity contribution in [2.24, 2.45) is 28.6 Å². The fourth-order valence-electron chi connectivity index (χ4n) is 7.85. The summed E-state index contributed by atoms with van der Waals surface area (Å²) in [5.41, 5.74) is 2.51. The van der Waals surface area contributed by atoms with Gasteiger partial charge in [0.15, 0.2) is 0 Å². The lowest BCUT2D eigenvalue weighted by atomic mass is 9.48. The summed E-state index contributed by atoms with van der Waals surface area (Å²) in [4.78, 5) is 11.4. The van der Waals surface area contributed by atoms with Crippen LogP contribution in [0.1, 0.15) is 72.1 Å². The Hall–Kier alpha value is -0.0900. The molecule has 1 spiro atoms. The molecule has 0 unspecified atom stereocenters. The maximum absolute atomic E-state index is 11.4. The van der Waals surface area contributed by atoms with Crippen LogP contribution in [-0.4, -0.2) is 27.7 Å². The Bertz CT molecular complexity index is 667. The first-order valence-corrected chi connectivity index (χ1v) is 13.0. The lowest BCUT2D eigenvalue weighted by Gasteiger charge is -2.59. The molecule has 0 amide bonds. The quantitative estimate of drug-likeness (QED) is 0.391. The SMILES string of the molecule is CC(=O)O[C@H]1CC[C@@]2(C)C(=CC[C@H]3[C@H]2CC[C@]2(C)[C@@H]3CCC23SCCS3)C1. The fourth-order valence-corrected chi connectivity index (χ4v) is 11.7. The van der Waals surface area contributed by atoms with Crippen LogP contribution in [0.3, 0.4) is 0 Å². The Balaban J connectivity index is 1.41. The summed E-state index contributed by atoms with van der Waals surface area (Å²) in [7, 11) is 0. The van der Waals surface area contributed by atoms with E-state index in [1.807, 2.05) is 0 Å². The van der Waals surface area contributed by atoms with Crippen LogP contribution >= 0.6 is 23.5 Å². The summed E-state index contributed by atoms with van der Waals surface area (Å²) in [5.74, 6) is 5.24. The topological polar surface area (TPSA) is 26.3 Å². The highest BCUT2D eigenvalue weighted by Gasteiger charge is 2.65. The first-order chi connectivity index (χ1) is 12.9. The Labute approximate surface area is 173 Å². The van der Waals surface area contributed by atoms with E-state index in [4.69, 9.17) is 4.74 Å². The zero-order valence-electron chi connectivity index (χ0n) is 17.1. The van der Waals surface area contributed by atoms with Crippen LogP contribution in [0.4, 0.5) is 0 Å². The predicted molar refractivity (Wildman–Crippen MR) is 115 cm³/mol. The van der Waals surface area contributed by atoms with Crippen molar-refractivity contribution in [1.29, 1.82) is 0 Å². The average Bonchev–Trinajstić information content (AvgIpc) is 3.21. The number of hydrogen-bond acceptors (Lipinski definition) is 4. The molecule has 0 aromatic rings. The number of hydrogen-bond donors (Lipinski definition) is 0. The van der Waals surface area contributed by atoms with Gasteiger partial charge in [0.05, 0.1) is 4.08 Å². The summed E-state index contributed by atoms with van der Waals surface area (Å²) < 4.78 is 6.11. The molecule has 27 heavy (non-hydrogen) atoms. The zero-order valence-corrected chi connectivity index (χ0v) is 18.7. The smallest absolute Gasteiger partial charge is 0.302 e. The van der Waals surface area contributed by atoms with Crippen LogP contribution < -0.4 is 0 Å². The largest absolute Gasteiger partial charge is 0.462 e. The maximum Gasteiger partial charge on any atom is 0.302 e. The molecule has 0 aromatic carbocycles. The first-order valence-electron chi connectivity index (χ1n) is 11.0. The number of allylic oxidation sites excluding steroid dienone is 1. The Morgan fingerprint density at radius 2 is 1.81 bits per heavy atom. The summed E-state index contributed by atoms with van der Waals surface area (Å²) in [5, 5.41) is 0. The maximum atomic E-state index is 11.4. The molecule has 4 fully saturated rings. The number of carbonyl (C=O) groups excluding carboxylic acids is 1. The minimum atomic E-state index is -0.117. The molecular formula is C23H34O2S2. The van der Waals surface area contributed by atoms with E-state index in [-0.39, 0.29) is 12.1 Å². The van der Waals surface area contributed by atoms with Gasteiger partial charge in [-0.1, -0.05) is 25.5 Å². The molecule has 6 atom stereocenters. The van der Waals surface area contributed by atoms with E-state index in [1.54, 1.807) is 12.5 Å². The third kappa shape index (κ3) is 2.64. The number of fused-ring (bicyclic) bond motifs is 6. The molecule has 4 heteroatoms. The van der Waals surface area contributed by atoms with Crippen LogP contribution in [0.15, 0.2) is 11.6 Å². The second-order valence-corrected chi connectivity index (χ2v) is 13.2. The van der Waals surface area contributed by atoms with E-state index >= 15 is 0 Å². The minimum Gasteiger partial charge on any atom is -0.462 e. The van der Waals surface area contributed by atoms with Crippen molar-refractivity contribution in [2.75, 3.05) is 11.5 Å². The third-order valence-corrected chi connectivity index (χ3v) is 13.2.